The second kappa shape index (κ2) is 6.33. The Morgan fingerprint density at radius 3 is 2.75 bits per heavy atom. The number of hydrogen-bond donors (Lipinski definition) is 0. The highest BCUT2D eigenvalue weighted by Gasteiger charge is 2.11. The summed E-state index contributed by atoms with van der Waals surface area (Å²) in [7, 11) is 0. The Labute approximate surface area is 126 Å². The fourth-order valence-corrected chi connectivity index (χ4v) is 2.72. The molecular weight excluding hydrogens is 296 g/mol. The van der Waals surface area contributed by atoms with Crippen LogP contribution in [0.25, 0.3) is 0 Å². The Bertz CT molecular complexity index is 592. The molecule has 1 aliphatic rings. The highest BCUT2D eigenvalue weighted by molar-refractivity contribution is 7.98. The van der Waals surface area contributed by atoms with Crippen LogP contribution in [-0.2, 0) is 5.75 Å². The monoisotopic (exact) mass is 308 g/mol. The maximum absolute atomic E-state index is 5.71. The summed E-state index contributed by atoms with van der Waals surface area (Å²) in [4.78, 5) is 9.36. The zero-order valence-electron chi connectivity index (χ0n) is 10.7. The third-order valence-electron chi connectivity index (χ3n) is 2.78. The summed E-state index contributed by atoms with van der Waals surface area (Å²) in [5.74, 6) is 2.37. The summed E-state index contributed by atoms with van der Waals surface area (Å²) >= 11 is 7.39. The van der Waals surface area contributed by atoms with Crippen LogP contribution in [0, 0.1) is 0 Å². The van der Waals surface area contributed by atoms with Crippen molar-refractivity contribution in [2.45, 2.75) is 17.1 Å². The van der Waals surface area contributed by atoms with Crippen LogP contribution in [0.4, 0.5) is 0 Å². The molecule has 4 nitrogen and oxygen atoms in total. The number of hydrogen-bond acceptors (Lipinski definition) is 5. The van der Waals surface area contributed by atoms with Crippen molar-refractivity contribution in [2.24, 2.45) is 0 Å². The molecule has 0 spiro atoms. The lowest BCUT2D eigenvalue weighted by atomic mass is 10.3. The van der Waals surface area contributed by atoms with Gasteiger partial charge in [-0.2, -0.15) is 0 Å². The van der Waals surface area contributed by atoms with Crippen molar-refractivity contribution in [3.63, 3.8) is 0 Å². The van der Waals surface area contributed by atoms with Gasteiger partial charge in [0.1, 0.15) is 5.15 Å². The maximum atomic E-state index is 5.71. The van der Waals surface area contributed by atoms with E-state index in [4.69, 9.17) is 21.1 Å². The molecule has 1 aliphatic heterocycles. The molecule has 2 heterocycles. The molecule has 0 N–H and O–H groups in total. The van der Waals surface area contributed by atoms with Gasteiger partial charge in [-0.05, 0) is 18.2 Å². The Morgan fingerprint density at radius 2 is 1.95 bits per heavy atom. The predicted molar refractivity (Wildman–Crippen MR) is 78.7 cm³/mol. The zero-order chi connectivity index (χ0) is 13.8. The molecule has 0 atom stereocenters. The molecule has 0 aliphatic carbocycles. The first-order valence-electron chi connectivity index (χ1n) is 6.30. The average molecular weight is 309 g/mol. The molecule has 3 rings (SSSR count). The van der Waals surface area contributed by atoms with Crippen LogP contribution in [-0.4, -0.2) is 23.2 Å². The van der Waals surface area contributed by atoms with Crippen molar-refractivity contribution < 1.29 is 9.47 Å². The highest BCUT2D eigenvalue weighted by Crippen LogP contribution is 2.34. The van der Waals surface area contributed by atoms with E-state index in [9.17, 15) is 0 Å². The first-order chi connectivity index (χ1) is 9.81. The maximum Gasteiger partial charge on any atom is 0.162 e. The number of fused-ring (bicyclic) bond motifs is 1. The summed E-state index contributed by atoms with van der Waals surface area (Å²) in [5, 5.41) is 0.411. The Balaban J connectivity index is 1.68. The van der Waals surface area contributed by atoms with Crippen molar-refractivity contribution in [2.75, 3.05) is 13.2 Å². The van der Waals surface area contributed by atoms with Gasteiger partial charge in [-0.3, -0.25) is 4.98 Å². The van der Waals surface area contributed by atoms with Crippen LogP contribution in [0.3, 0.4) is 0 Å². The van der Waals surface area contributed by atoms with E-state index in [1.165, 1.54) is 0 Å². The highest BCUT2D eigenvalue weighted by atomic mass is 35.5. The van der Waals surface area contributed by atoms with Gasteiger partial charge in [0.15, 0.2) is 11.5 Å². The number of rotatable bonds is 3. The third-order valence-corrected chi connectivity index (χ3v) is 4.00. The van der Waals surface area contributed by atoms with E-state index in [1.807, 2.05) is 18.2 Å². The lowest BCUT2D eigenvalue weighted by molar-refractivity contribution is 0.297. The summed E-state index contributed by atoms with van der Waals surface area (Å²) < 4.78 is 11.3. The molecule has 2 aromatic rings. The lowest BCUT2D eigenvalue weighted by Crippen LogP contribution is -1.97. The Kier molecular flexibility index (Phi) is 4.28. The molecule has 0 bridgehead atoms. The smallest absolute Gasteiger partial charge is 0.162 e. The van der Waals surface area contributed by atoms with E-state index < -0.39 is 0 Å². The molecular formula is C14H13ClN2O2S. The van der Waals surface area contributed by atoms with E-state index >= 15 is 0 Å². The van der Waals surface area contributed by atoms with Gasteiger partial charge in [-0.15, -0.1) is 11.8 Å². The van der Waals surface area contributed by atoms with Crippen molar-refractivity contribution in [3.8, 4) is 11.5 Å². The van der Waals surface area contributed by atoms with Gasteiger partial charge >= 0.3 is 0 Å². The molecule has 0 unspecified atom stereocenters. The minimum absolute atomic E-state index is 0.411. The van der Waals surface area contributed by atoms with E-state index in [-0.39, 0.29) is 0 Å². The van der Waals surface area contributed by atoms with Crippen LogP contribution in [0.5, 0.6) is 11.5 Å². The predicted octanol–water partition coefficient (Wildman–Crippen LogP) is 3.58. The second-order valence-corrected chi connectivity index (χ2v) is 5.71. The number of aromatic nitrogens is 2. The largest absolute Gasteiger partial charge is 0.490 e. The molecule has 0 amide bonds. The normalized spacial score (nSPS) is 13.8. The van der Waals surface area contributed by atoms with E-state index in [0.29, 0.717) is 18.4 Å². The number of nitrogens with zero attached hydrogens (tertiary/aromatic N) is 2. The van der Waals surface area contributed by atoms with Crippen LogP contribution in [0.2, 0.25) is 5.15 Å². The summed E-state index contributed by atoms with van der Waals surface area (Å²) in [6.07, 6.45) is 4.17. The first kappa shape index (κ1) is 13.5. The molecule has 0 fully saturated rings. The molecule has 0 saturated carbocycles. The molecule has 0 saturated heterocycles. The fourth-order valence-electron chi connectivity index (χ4n) is 1.80. The van der Waals surface area contributed by atoms with Crippen molar-refractivity contribution >= 4 is 23.4 Å². The molecule has 6 heteroatoms. The van der Waals surface area contributed by atoms with Crippen molar-refractivity contribution in [3.05, 3.63) is 41.4 Å². The van der Waals surface area contributed by atoms with Gasteiger partial charge in [-0.1, -0.05) is 11.6 Å². The molecule has 104 valence electrons. The molecule has 1 aromatic heterocycles. The van der Waals surface area contributed by atoms with Crippen LogP contribution < -0.4 is 9.47 Å². The Morgan fingerprint density at radius 1 is 1.10 bits per heavy atom. The standard InChI is InChI=1S/C14H13ClN2O2S/c15-14-8-16-10(7-17-14)9-20-11-2-3-12-13(6-11)19-5-1-4-18-12/h2-3,6-8H,1,4-5,9H2. The minimum atomic E-state index is 0.411. The molecule has 1 aromatic carbocycles. The van der Waals surface area contributed by atoms with Crippen LogP contribution in [0.15, 0.2) is 35.5 Å². The van der Waals surface area contributed by atoms with E-state index in [1.54, 1.807) is 24.2 Å². The van der Waals surface area contributed by atoms with Gasteiger partial charge in [-0.25, -0.2) is 4.98 Å². The van der Waals surface area contributed by atoms with E-state index in [0.717, 1.165) is 34.3 Å². The number of benzene rings is 1. The summed E-state index contributed by atoms with van der Waals surface area (Å²) in [6, 6.07) is 5.99. The van der Waals surface area contributed by atoms with Gasteiger partial charge in [0.25, 0.3) is 0 Å². The third kappa shape index (κ3) is 3.35. The van der Waals surface area contributed by atoms with Crippen molar-refractivity contribution in [1.82, 2.24) is 9.97 Å². The fraction of sp³-hybridized carbons (Fsp3) is 0.286. The number of thioether (sulfide) groups is 1. The quantitative estimate of drug-likeness (QED) is 0.811. The van der Waals surface area contributed by atoms with Gasteiger partial charge in [0, 0.05) is 17.1 Å². The SMILES string of the molecule is Clc1cnc(CSc2ccc3c(c2)OCCCO3)cn1. The van der Waals surface area contributed by atoms with Gasteiger partial charge in [0.05, 0.1) is 31.3 Å². The van der Waals surface area contributed by atoms with Gasteiger partial charge in [0.2, 0.25) is 0 Å². The molecule has 20 heavy (non-hydrogen) atoms. The Hall–Kier alpha value is -1.46. The van der Waals surface area contributed by atoms with Crippen LogP contribution >= 0.6 is 23.4 Å². The average Bonchev–Trinajstić information content (AvgIpc) is 2.71. The van der Waals surface area contributed by atoms with Crippen molar-refractivity contribution in [1.29, 1.82) is 0 Å². The first-order valence-corrected chi connectivity index (χ1v) is 7.66. The minimum Gasteiger partial charge on any atom is -0.490 e. The summed E-state index contributed by atoms with van der Waals surface area (Å²) in [5.41, 5.74) is 0.895. The second-order valence-electron chi connectivity index (χ2n) is 4.28. The number of ether oxygens (including phenoxy) is 2. The molecule has 0 radical (unpaired) electrons. The topological polar surface area (TPSA) is 44.2 Å². The zero-order valence-corrected chi connectivity index (χ0v) is 12.3. The van der Waals surface area contributed by atoms with Gasteiger partial charge < -0.3 is 9.47 Å². The van der Waals surface area contributed by atoms with E-state index in [2.05, 4.69) is 9.97 Å². The summed E-state index contributed by atoms with van der Waals surface area (Å²) in [6.45, 7) is 1.41. The van der Waals surface area contributed by atoms with Crippen LogP contribution in [0.1, 0.15) is 12.1 Å². The number of halogens is 1. The lowest BCUT2D eigenvalue weighted by Gasteiger charge is -2.08.